The van der Waals surface area contributed by atoms with Gasteiger partial charge in [-0.2, -0.15) is 0 Å². The second-order valence-electron chi connectivity index (χ2n) is 38.2. The third kappa shape index (κ3) is 84.2. The molecule has 0 bridgehead atoms. The average molecular weight is 1920 g/mol. The molecule has 0 spiro atoms. The second-order valence-corrected chi connectivity index (χ2v) is 38.2. The van der Waals surface area contributed by atoms with Gasteiger partial charge in [-0.1, -0.05) is 364 Å². The molecule has 0 saturated carbocycles. The Hall–Kier alpha value is -6.40. The zero-order chi connectivity index (χ0) is 99.2. The van der Waals surface area contributed by atoms with E-state index in [1.54, 1.807) is 0 Å². The van der Waals surface area contributed by atoms with Crippen LogP contribution in [0.25, 0.3) is 0 Å². The number of aliphatic hydroxyl groups is 1. The fourth-order valence-corrected chi connectivity index (χ4v) is 16.6. The standard InChI is InChI=1S/C110H198O25/c1-9-17-25-37-54-70-98(112)124-85-93(132-106(120)78-62-41-29-21-13-5)89-128-102(116)74-58-46-33-45-53-69-97(111)110(82-66-50-34-47-59-75-103(117)129-90-94(133-107(121)79-63-42-30-22-14-6)86-125-99(113)71-55-38-26-18-10-2,83-67-51-35-48-60-76-104(118)130-91-95(134-108(122)80-64-43-31-23-15-7)87-126-100(114)72-56-39-27-19-11-3)84-68-52-36-49-61-77-105(119)131-92-96(135-109(123)81-65-44-32-24-16-8)88-127-101(115)73-57-40-28-20-12-4/h93-97,111H,9-92H2,1-8H3. The average Bonchev–Trinajstić information content (AvgIpc) is 0.833. The number of ether oxygens (including phenoxy) is 12. The minimum Gasteiger partial charge on any atom is -0.462 e. The smallest absolute Gasteiger partial charge is 0.306 e. The highest BCUT2D eigenvalue weighted by molar-refractivity contribution is 5.74. The maximum absolute atomic E-state index is 13.3. The Morgan fingerprint density at radius 3 is 0.452 bits per heavy atom. The normalized spacial score (nSPS) is 12.9. The third-order valence-electron chi connectivity index (χ3n) is 25.2. The molecule has 0 aliphatic carbocycles. The lowest BCUT2D eigenvalue weighted by Crippen LogP contribution is -2.35. The summed E-state index contributed by atoms with van der Waals surface area (Å²) in [7, 11) is 0. The lowest BCUT2D eigenvalue weighted by molar-refractivity contribution is -0.167. The van der Waals surface area contributed by atoms with E-state index in [2.05, 4.69) is 55.4 Å². The Labute approximate surface area is 819 Å². The summed E-state index contributed by atoms with van der Waals surface area (Å²) >= 11 is 0. The predicted molar refractivity (Wildman–Crippen MR) is 532 cm³/mol. The van der Waals surface area contributed by atoms with Crippen molar-refractivity contribution in [2.24, 2.45) is 5.41 Å². The Morgan fingerprint density at radius 1 is 0.170 bits per heavy atom. The maximum Gasteiger partial charge on any atom is 0.306 e. The van der Waals surface area contributed by atoms with Crippen LogP contribution >= 0.6 is 0 Å². The van der Waals surface area contributed by atoms with Crippen molar-refractivity contribution in [1.29, 1.82) is 0 Å². The Bertz CT molecular complexity index is 2680. The molecule has 0 amide bonds. The van der Waals surface area contributed by atoms with E-state index in [-0.39, 0.29) is 154 Å². The molecule has 0 fully saturated rings. The molecular weight excluding hydrogens is 1720 g/mol. The van der Waals surface area contributed by atoms with Crippen LogP contribution in [0.15, 0.2) is 0 Å². The summed E-state index contributed by atoms with van der Waals surface area (Å²) in [6.07, 6.45) is 55.0. The van der Waals surface area contributed by atoms with E-state index in [1.807, 2.05) is 0 Å². The maximum atomic E-state index is 13.3. The summed E-state index contributed by atoms with van der Waals surface area (Å²) in [4.78, 5) is 156. The van der Waals surface area contributed by atoms with Gasteiger partial charge in [0, 0.05) is 77.0 Å². The van der Waals surface area contributed by atoms with Crippen LogP contribution in [-0.4, -0.2) is 160 Å². The van der Waals surface area contributed by atoms with E-state index < -0.39 is 83.7 Å². The van der Waals surface area contributed by atoms with Crippen molar-refractivity contribution in [3.63, 3.8) is 0 Å². The molecule has 0 rings (SSSR count). The van der Waals surface area contributed by atoms with Crippen molar-refractivity contribution in [2.45, 2.75) is 574 Å². The van der Waals surface area contributed by atoms with Gasteiger partial charge in [0.2, 0.25) is 0 Å². The second kappa shape index (κ2) is 95.2. The summed E-state index contributed by atoms with van der Waals surface area (Å²) in [5, 5.41) is 12.9. The highest BCUT2D eigenvalue weighted by atomic mass is 16.6. The van der Waals surface area contributed by atoms with Crippen molar-refractivity contribution in [1.82, 2.24) is 0 Å². The van der Waals surface area contributed by atoms with Crippen LogP contribution in [0.3, 0.4) is 0 Å². The molecule has 788 valence electrons. The number of carbonyl (C=O) groups is 12. The SMILES string of the molecule is CCCCCCCC(=O)OCC(COC(=O)CCCCCCCC(O)C(CCCCCCCC(=O)OCC(COC(=O)CCCCCCC)OC(=O)CCCCCCC)(CCCCCCCC(=O)OCC(COC(=O)CCCCCCC)OC(=O)CCCCCCC)CCCCCCCC(=O)OCC(COC(=O)CCCCCCC)OC(=O)CCCCCCC)OC(=O)CCCCCCC. The molecule has 0 aromatic carbocycles. The van der Waals surface area contributed by atoms with Gasteiger partial charge in [-0.25, -0.2) is 0 Å². The van der Waals surface area contributed by atoms with Gasteiger partial charge in [0.25, 0.3) is 0 Å². The summed E-state index contributed by atoms with van der Waals surface area (Å²) < 4.78 is 67.9. The number of hydrogen-bond donors (Lipinski definition) is 1. The third-order valence-corrected chi connectivity index (χ3v) is 25.2. The number of rotatable bonds is 101. The molecule has 5 atom stereocenters. The lowest BCUT2D eigenvalue weighted by atomic mass is 9.68. The first kappa shape index (κ1) is 129. The van der Waals surface area contributed by atoms with E-state index in [1.165, 1.54) is 0 Å². The molecule has 1 N–H and O–H groups in total. The first-order valence-corrected chi connectivity index (χ1v) is 55.3. The monoisotopic (exact) mass is 1920 g/mol. The molecule has 0 aromatic rings. The topological polar surface area (TPSA) is 336 Å². The molecule has 5 unspecified atom stereocenters. The van der Waals surface area contributed by atoms with Gasteiger partial charge < -0.3 is 61.9 Å². The number of unbranched alkanes of at least 4 members (excludes halogenated alkanes) is 48. The fourth-order valence-electron chi connectivity index (χ4n) is 16.6. The Morgan fingerprint density at radius 2 is 0.296 bits per heavy atom. The van der Waals surface area contributed by atoms with E-state index in [4.69, 9.17) is 56.8 Å². The molecule has 25 nitrogen and oxygen atoms in total. The summed E-state index contributed by atoms with van der Waals surface area (Å²) in [5.74, 6) is -4.88. The first-order chi connectivity index (χ1) is 65.6. The number of esters is 12. The Balaban J connectivity index is 6.86. The molecule has 0 heterocycles. The van der Waals surface area contributed by atoms with E-state index in [0.29, 0.717) is 83.5 Å². The van der Waals surface area contributed by atoms with Gasteiger partial charge in [-0.15, -0.1) is 0 Å². The molecule has 0 aliphatic rings. The van der Waals surface area contributed by atoms with Gasteiger partial charge in [0.05, 0.1) is 6.10 Å². The van der Waals surface area contributed by atoms with Crippen LogP contribution in [0, 0.1) is 5.41 Å². The number of carbonyl (C=O) groups excluding carboxylic acids is 12. The minimum atomic E-state index is -0.920. The molecule has 0 aromatic heterocycles. The van der Waals surface area contributed by atoms with Gasteiger partial charge in [-0.3, -0.25) is 57.5 Å². The van der Waals surface area contributed by atoms with Crippen LogP contribution < -0.4 is 0 Å². The van der Waals surface area contributed by atoms with Crippen LogP contribution in [0.4, 0.5) is 0 Å². The first-order valence-electron chi connectivity index (χ1n) is 55.3. The molecular formula is C110H198O25. The van der Waals surface area contributed by atoms with Gasteiger partial charge in [0.15, 0.2) is 24.4 Å². The summed E-state index contributed by atoms with van der Waals surface area (Å²) in [6, 6.07) is 0. The minimum absolute atomic E-state index is 0.159. The number of hydrogen-bond acceptors (Lipinski definition) is 25. The van der Waals surface area contributed by atoms with Crippen LogP contribution in [0.1, 0.15) is 543 Å². The van der Waals surface area contributed by atoms with Crippen LogP contribution in [0.5, 0.6) is 0 Å². The fraction of sp³-hybridized carbons (Fsp3) is 0.891. The van der Waals surface area contributed by atoms with E-state index in [0.717, 1.165) is 327 Å². The predicted octanol–water partition coefficient (Wildman–Crippen LogP) is 27.1. The van der Waals surface area contributed by atoms with Gasteiger partial charge in [-0.05, 0) is 108 Å². The van der Waals surface area contributed by atoms with Crippen LogP contribution in [0.2, 0.25) is 0 Å². The summed E-state index contributed by atoms with van der Waals surface area (Å²) in [6.45, 7) is 15.4. The Kier molecular flexibility index (Phi) is 90.6. The quantitative estimate of drug-likeness (QED) is 0.0336. The van der Waals surface area contributed by atoms with Crippen molar-refractivity contribution >= 4 is 71.6 Å². The van der Waals surface area contributed by atoms with Crippen LogP contribution in [-0.2, 0) is 114 Å². The zero-order valence-electron chi connectivity index (χ0n) is 87.0. The van der Waals surface area contributed by atoms with Crippen molar-refractivity contribution < 1.29 is 119 Å². The zero-order valence-corrected chi connectivity index (χ0v) is 87.0. The summed E-state index contributed by atoms with van der Waals surface area (Å²) in [5.41, 5.74) is -0.456. The van der Waals surface area contributed by atoms with Gasteiger partial charge in [0.1, 0.15) is 52.9 Å². The van der Waals surface area contributed by atoms with Crippen molar-refractivity contribution in [3.8, 4) is 0 Å². The largest absolute Gasteiger partial charge is 0.462 e. The molecule has 0 radical (unpaired) electrons. The lowest BCUT2D eigenvalue weighted by Gasteiger charge is -2.39. The highest BCUT2D eigenvalue weighted by Crippen LogP contribution is 2.43. The van der Waals surface area contributed by atoms with E-state index >= 15 is 0 Å². The molecule has 0 aliphatic heterocycles. The van der Waals surface area contributed by atoms with E-state index in [9.17, 15) is 62.6 Å². The number of aliphatic hydroxyl groups excluding tert-OH is 1. The van der Waals surface area contributed by atoms with Crippen molar-refractivity contribution in [2.75, 3.05) is 52.9 Å². The molecule has 0 saturated heterocycles. The van der Waals surface area contributed by atoms with Gasteiger partial charge >= 0.3 is 71.6 Å². The molecule has 25 heteroatoms. The molecule has 135 heavy (non-hydrogen) atoms. The highest BCUT2D eigenvalue weighted by Gasteiger charge is 2.37. The van der Waals surface area contributed by atoms with Crippen molar-refractivity contribution in [3.05, 3.63) is 0 Å².